The van der Waals surface area contributed by atoms with Crippen molar-refractivity contribution in [3.8, 4) is 0 Å². The number of amides is 2. The van der Waals surface area contributed by atoms with E-state index < -0.39 is 0 Å². The van der Waals surface area contributed by atoms with Crippen LogP contribution in [0.25, 0.3) is 0 Å². The number of anilines is 1. The van der Waals surface area contributed by atoms with Crippen molar-refractivity contribution in [3.05, 3.63) is 44.4 Å². The first-order chi connectivity index (χ1) is 14.8. The van der Waals surface area contributed by atoms with Gasteiger partial charge in [0.2, 0.25) is 5.91 Å². The minimum atomic E-state index is -0.290. The molecule has 7 nitrogen and oxygen atoms in total. The molecule has 0 bridgehead atoms. The minimum absolute atomic E-state index is 0.0796. The molecule has 3 rings (SSSR count). The Morgan fingerprint density at radius 2 is 1.87 bits per heavy atom. The number of halogens is 2. The zero-order chi connectivity index (χ0) is 22.4. The Morgan fingerprint density at radius 1 is 1.19 bits per heavy atom. The second kappa shape index (κ2) is 11.2. The second-order valence-corrected chi connectivity index (χ2v) is 9.48. The molecule has 1 N–H and O–H groups in total. The van der Waals surface area contributed by atoms with E-state index in [0.29, 0.717) is 27.3 Å². The van der Waals surface area contributed by atoms with Crippen molar-refractivity contribution in [1.82, 2.24) is 14.8 Å². The number of hydrogen-bond acceptors (Lipinski definition) is 6. The maximum Gasteiger partial charge on any atom is 0.254 e. The van der Waals surface area contributed by atoms with Gasteiger partial charge in [0, 0.05) is 46.7 Å². The van der Waals surface area contributed by atoms with Crippen LogP contribution in [0.15, 0.2) is 18.2 Å². The lowest BCUT2D eigenvalue weighted by molar-refractivity contribution is -0.116. The highest BCUT2D eigenvalue weighted by molar-refractivity contribution is 7.15. The Balaban J connectivity index is 1.67. The van der Waals surface area contributed by atoms with Crippen molar-refractivity contribution in [3.63, 3.8) is 0 Å². The Bertz CT molecular complexity index is 892. The molecule has 2 aromatic rings. The summed E-state index contributed by atoms with van der Waals surface area (Å²) in [6.07, 6.45) is 0.739. The standard InChI is InChI=1S/C21H26Cl2N4O3S/c1-14-15(2)31-21(24-14)25-19(28)13-27(5-3-4-26-6-8-30-9-7-26)20(29)16-10-17(22)12-18(23)11-16/h10-12H,3-9,13H2,1-2H3,(H,24,25,28). The third kappa shape index (κ3) is 7.15. The largest absolute Gasteiger partial charge is 0.379 e. The van der Waals surface area contributed by atoms with Gasteiger partial charge in [-0.1, -0.05) is 23.2 Å². The molecule has 1 fully saturated rings. The Morgan fingerprint density at radius 3 is 2.48 bits per heavy atom. The van der Waals surface area contributed by atoms with Crippen molar-refractivity contribution in [2.45, 2.75) is 20.3 Å². The molecule has 0 radical (unpaired) electrons. The van der Waals surface area contributed by atoms with Gasteiger partial charge in [0.1, 0.15) is 6.54 Å². The van der Waals surface area contributed by atoms with Gasteiger partial charge in [-0.2, -0.15) is 0 Å². The molecule has 0 unspecified atom stereocenters. The number of benzene rings is 1. The molecule has 1 aromatic heterocycles. The van der Waals surface area contributed by atoms with Crippen LogP contribution in [0.5, 0.6) is 0 Å². The summed E-state index contributed by atoms with van der Waals surface area (Å²) in [5.74, 6) is -0.574. The van der Waals surface area contributed by atoms with E-state index in [9.17, 15) is 9.59 Å². The van der Waals surface area contributed by atoms with Crippen LogP contribution in [0.1, 0.15) is 27.3 Å². The number of nitrogens with zero attached hydrogens (tertiary/aromatic N) is 3. The van der Waals surface area contributed by atoms with Crippen LogP contribution >= 0.6 is 34.5 Å². The lowest BCUT2D eigenvalue weighted by Crippen LogP contribution is -2.41. The van der Waals surface area contributed by atoms with Crippen LogP contribution in [0.2, 0.25) is 10.0 Å². The van der Waals surface area contributed by atoms with Gasteiger partial charge in [-0.05, 0) is 38.5 Å². The smallest absolute Gasteiger partial charge is 0.254 e. The molecule has 168 valence electrons. The van der Waals surface area contributed by atoms with E-state index in [1.807, 2.05) is 13.8 Å². The van der Waals surface area contributed by atoms with Gasteiger partial charge in [-0.3, -0.25) is 14.5 Å². The normalized spacial score (nSPS) is 14.5. The third-order valence-corrected chi connectivity index (χ3v) is 6.44. The summed E-state index contributed by atoms with van der Waals surface area (Å²) in [5, 5.41) is 4.09. The topological polar surface area (TPSA) is 74.8 Å². The zero-order valence-corrected chi connectivity index (χ0v) is 19.9. The number of carbonyl (C=O) groups is 2. The molecular weight excluding hydrogens is 459 g/mol. The van der Waals surface area contributed by atoms with Gasteiger partial charge >= 0.3 is 0 Å². The van der Waals surface area contributed by atoms with E-state index in [-0.39, 0.29) is 18.4 Å². The highest BCUT2D eigenvalue weighted by atomic mass is 35.5. The average molecular weight is 485 g/mol. The van der Waals surface area contributed by atoms with Crippen molar-refractivity contribution >= 4 is 51.5 Å². The highest BCUT2D eigenvalue weighted by Crippen LogP contribution is 2.22. The summed E-state index contributed by atoms with van der Waals surface area (Å²) in [4.78, 5) is 35.0. The summed E-state index contributed by atoms with van der Waals surface area (Å²) in [7, 11) is 0. The number of carbonyl (C=O) groups excluding carboxylic acids is 2. The van der Waals surface area contributed by atoms with Gasteiger partial charge in [-0.15, -0.1) is 11.3 Å². The quantitative estimate of drug-likeness (QED) is 0.615. The van der Waals surface area contributed by atoms with Gasteiger partial charge in [0.15, 0.2) is 5.13 Å². The predicted octanol–water partition coefficient (Wildman–Crippen LogP) is 3.87. The molecule has 0 spiro atoms. The summed E-state index contributed by atoms with van der Waals surface area (Å²) in [6.45, 7) is 8.22. The van der Waals surface area contributed by atoms with E-state index >= 15 is 0 Å². The number of aromatic nitrogens is 1. The van der Waals surface area contributed by atoms with Crippen LogP contribution in [0.3, 0.4) is 0 Å². The van der Waals surface area contributed by atoms with Crippen LogP contribution in [-0.4, -0.2) is 72.5 Å². The van der Waals surface area contributed by atoms with E-state index in [1.54, 1.807) is 18.2 Å². The number of aryl methyl sites for hydroxylation is 2. The first-order valence-electron chi connectivity index (χ1n) is 10.1. The summed E-state index contributed by atoms with van der Waals surface area (Å²) < 4.78 is 5.38. The fourth-order valence-electron chi connectivity index (χ4n) is 3.28. The van der Waals surface area contributed by atoms with E-state index in [0.717, 1.165) is 49.8 Å². The molecule has 1 aliphatic heterocycles. The zero-order valence-electron chi connectivity index (χ0n) is 17.6. The molecular formula is C21H26Cl2N4O3S. The van der Waals surface area contributed by atoms with E-state index in [4.69, 9.17) is 27.9 Å². The van der Waals surface area contributed by atoms with Gasteiger partial charge in [0.05, 0.1) is 18.9 Å². The lowest BCUT2D eigenvalue weighted by atomic mass is 10.2. The van der Waals surface area contributed by atoms with Crippen LogP contribution in [0.4, 0.5) is 5.13 Å². The molecule has 0 aliphatic carbocycles. The molecule has 2 heterocycles. The molecule has 10 heteroatoms. The van der Waals surface area contributed by atoms with Crippen molar-refractivity contribution in [1.29, 1.82) is 0 Å². The molecule has 1 aromatic carbocycles. The molecule has 0 atom stereocenters. The SMILES string of the molecule is Cc1nc(NC(=O)CN(CCCN2CCOCC2)C(=O)c2cc(Cl)cc(Cl)c2)sc1C. The maximum atomic E-state index is 13.2. The highest BCUT2D eigenvalue weighted by Gasteiger charge is 2.21. The molecule has 1 aliphatic rings. The Labute approximate surface area is 196 Å². The summed E-state index contributed by atoms with van der Waals surface area (Å²) in [6, 6.07) is 4.70. The van der Waals surface area contributed by atoms with E-state index in [1.165, 1.54) is 16.2 Å². The van der Waals surface area contributed by atoms with Crippen molar-refractivity contribution in [2.75, 3.05) is 51.3 Å². The number of hydrogen-bond donors (Lipinski definition) is 1. The van der Waals surface area contributed by atoms with Crippen LogP contribution in [0, 0.1) is 13.8 Å². The molecule has 2 amide bonds. The number of nitrogens with one attached hydrogen (secondary N) is 1. The Hall–Kier alpha value is -1.71. The number of ether oxygens (including phenoxy) is 1. The lowest BCUT2D eigenvalue weighted by Gasteiger charge is -2.28. The van der Waals surface area contributed by atoms with Gasteiger partial charge in [-0.25, -0.2) is 4.98 Å². The van der Waals surface area contributed by atoms with Crippen LogP contribution < -0.4 is 5.32 Å². The first kappa shape index (κ1) is 23.9. The molecule has 1 saturated heterocycles. The molecule has 31 heavy (non-hydrogen) atoms. The second-order valence-electron chi connectivity index (χ2n) is 7.40. The first-order valence-corrected chi connectivity index (χ1v) is 11.7. The maximum absolute atomic E-state index is 13.2. The van der Waals surface area contributed by atoms with Gasteiger partial charge < -0.3 is 15.0 Å². The fraction of sp³-hybridized carbons (Fsp3) is 0.476. The van der Waals surface area contributed by atoms with Crippen molar-refractivity contribution in [2.24, 2.45) is 0 Å². The average Bonchev–Trinajstić information content (AvgIpc) is 3.03. The summed E-state index contributed by atoms with van der Waals surface area (Å²) in [5.41, 5.74) is 1.24. The Kier molecular flexibility index (Phi) is 8.68. The number of rotatable bonds is 8. The fourth-order valence-corrected chi connectivity index (χ4v) is 4.64. The van der Waals surface area contributed by atoms with Gasteiger partial charge in [0.25, 0.3) is 5.91 Å². The van der Waals surface area contributed by atoms with E-state index in [2.05, 4.69) is 15.2 Å². The summed E-state index contributed by atoms with van der Waals surface area (Å²) >= 11 is 13.6. The van der Waals surface area contributed by atoms with Crippen molar-refractivity contribution < 1.29 is 14.3 Å². The monoisotopic (exact) mass is 484 g/mol. The molecule has 0 saturated carbocycles. The third-order valence-electron chi connectivity index (χ3n) is 5.01. The number of thiazole rings is 1. The van der Waals surface area contributed by atoms with Crippen LogP contribution in [-0.2, 0) is 9.53 Å². The minimum Gasteiger partial charge on any atom is -0.379 e. The predicted molar refractivity (Wildman–Crippen MR) is 124 cm³/mol. The number of morpholine rings is 1.